The minimum Gasteiger partial charge on any atom is -1.00 e. The van der Waals surface area contributed by atoms with E-state index in [1.807, 2.05) is 0 Å². The molecule has 13 heteroatoms. The second kappa shape index (κ2) is 17.2. The van der Waals surface area contributed by atoms with Crippen LogP contribution in [0.25, 0.3) is 0 Å². The maximum Gasteiger partial charge on any atom is 1.00 e. The number of hydrogen-bond donors (Lipinski definition) is 6. The zero-order valence-corrected chi connectivity index (χ0v) is 12.4. The third-order valence-electron chi connectivity index (χ3n) is 0. The smallest absolute Gasteiger partial charge is 1.00 e. The number of phosphoric acid groups is 2. The number of hydrogen-bond acceptors (Lipinski definition) is 4. The average molecular weight is 290 g/mol. The van der Waals surface area contributed by atoms with Gasteiger partial charge in [-0.3, -0.25) is 0 Å². The first-order valence-electron chi connectivity index (χ1n) is 2.08. The molecule has 0 spiro atoms. The normalized spacial score (nSPS) is 8.13. The van der Waals surface area contributed by atoms with Crippen LogP contribution in [0.1, 0.15) is 1.43 Å². The Morgan fingerprint density at radius 1 is 0.733 bits per heavy atom. The first kappa shape index (κ1) is 29.7. The zero-order valence-electron chi connectivity index (χ0n) is 8.44. The first-order valence-corrected chi connectivity index (χ1v) is 5.21. The quantitative estimate of drug-likeness (QED) is 0.186. The summed E-state index contributed by atoms with van der Waals surface area (Å²) < 4.78 is 17.8. The molecule has 0 aliphatic carbocycles. The minimum atomic E-state index is -4.64. The SMILES string of the molecule is C#N.C#N.O=P(O)(O)O.O=P(O)(O)O.[H-].[K+]. The van der Waals surface area contributed by atoms with Crippen LogP contribution in [-0.2, 0) is 9.13 Å². The van der Waals surface area contributed by atoms with Gasteiger partial charge in [0.05, 0.1) is 0 Å². The first-order chi connectivity index (χ1) is 6.00. The second-order valence-electron chi connectivity index (χ2n) is 1.03. The van der Waals surface area contributed by atoms with Crippen molar-refractivity contribution < 1.29 is 91.3 Å². The Kier molecular flexibility index (Phi) is 34.1. The summed E-state index contributed by atoms with van der Waals surface area (Å²) in [6, 6.07) is 0. The van der Waals surface area contributed by atoms with Crippen molar-refractivity contribution in [1.82, 2.24) is 0 Å². The van der Waals surface area contributed by atoms with Crippen LogP contribution in [-0.4, -0.2) is 29.4 Å². The van der Waals surface area contributed by atoms with E-state index in [0.717, 1.165) is 0 Å². The van der Waals surface area contributed by atoms with E-state index in [-0.39, 0.29) is 52.8 Å². The molecule has 0 heterocycles. The van der Waals surface area contributed by atoms with Crippen LogP contribution in [0.3, 0.4) is 0 Å². The van der Waals surface area contributed by atoms with Crippen molar-refractivity contribution >= 4 is 15.6 Å². The van der Waals surface area contributed by atoms with Crippen molar-refractivity contribution in [1.29, 1.82) is 10.5 Å². The second-order valence-corrected chi connectivity index (χ2v) is 3.08. The van der Waals surface area contributed by atoms with Crippen molar-refractivity contribution in [3.63, 3.8) is 0 Å². The van der Waals surface area contributed by atoms with Crippen LogP contribution in [0.15, 0.2) is 0 Å². The predicted octanol–water partition coefficient (Wildman–Crippen LogP) is -4.46. The Hall–Kier alpha value is 0.836. The third-order valence-corrected chi connectivity index (χ3v) is 0. The zero-order chi connectivity index (χ0) is 13.0. The van der Waals surface area contributed by atoms with Crippen LogP contribution in [0.5, 0.6) is 0 Å². The van der Waals surface area contributed by atoms with Gasteiger partial charge >= 0.3 is 67.0 Å². The van der Waals surface area contributed by atoms with Crippen LogP contribution in [0.2, 0.25) is 0 Å². The largest absolute Gasteiger partial charge is 1.00 e. The number of nitrogens with zero attached hydrogens (tertiary/aromatic N) is 2. The van der Waals surface area contributed by atoms with Gasteiger partial charge in [-0.2, -0.15) is 0 Å². The van der Waals surface area contributed by atoms with Crippen LogP contribution in [0, 0.1) is 23.7 Å². The summed E-state index contributed by atoms with van der Waals surface area (Å²) in [5.74, 6) is 0. The summed E-state index contributed by atoms with van der Waals surface area (Å²) >= 11 is 0. The van der Waals surface area contributed by atoms with E-state index in [9.17, 15) is 0 Å². The van der Waals surface area contributed by atoms with E-state index in [4.69, 9.17) is 49.0 Å². The molecular formula is C2H9KN2O8P2. The van der Waals surface area contributed by atoms with Gasteiger partial charge in [-0.1, -0.05) is 0 Å². The molecule has 0 fully saturated rings. The van der Waals surface area contributed by atoms with Gasteiger partial charge in [-0.15, -0.1) is 0 Å². The van der Waals surface area contributed by atoms with Gasteiger partial charge in [-0.05, 0) is 0 Å². The molecule has 0 saturated heterocycles. The molecule has 0 saturated carbocycles. The van der Waals surface area contributed by atoms with Crippen molar-refractivity contribution in [3.05, 3.63) is 0 Å². The van der Waals surface area contributed by atoms with Crippen LogP contribution < -0.4 is 51.4 Å². The van der Waals surface area contributed by atoms with E-state index in [1.54, 1.807) is 0 Å². The minimum absolute atomic E-state index is 0. The Labute approximate surface area is 129 Å². The van der Waals surface area contributed by atoms with Gasteiger partial charge in [0.25, 0.3) is 0 Å². The maximum absolute atomic E-state index is 8.88. The van der Waals surface area contributed by atoms with Gasteiger partial charge in [0.15, 0.2) is 0 Å². The summed E-state index contributed by atoms with van der Waals surface area (Å²) in [5.41, 5.74) is 0. The molecule has 86 valence electrons. The van der Waals surface area contributed by atoms with Gasteiger partial charge in [0.1, 0.15) is 0 Å². The van der Waals surface area contributed by atoms with Crippen molar-refractivity contribution in [3.8, 4) is 13.1 Å². The molecule has 15 heavy (non-hydrogen) atoms. The number of rotatable bonds is 0. The molecule has 10 nitrogen and oxygen atoms in total. The Balaban J connectivity index is -0.0000000218. The molecule has 0 aromatic heterocycles. The van der Waals surface area contributed by atoms with Gasteiger partial charge < -0.3 is 30.8 Å². The molecule has 0 radical (unpaired) electrons. The van der Waals surface area contributed by atoms with E-state index < -0.39 is 15.6 Å². The molecule has 0 bridgehead atoms. The molecule has 0 atom stereocenters. The van der Waals surface area contributed by atoms with E-state index >= 15 is 0 Å². The van der Waals surface area contributed by atoms with Crippen LogP contribution >= 0.6 is 15.6 Å². The molecule has 0 aromatic carbocycles. The Morgan fingerprint density at radius 2 is 0.733 bits per heavy atom. The van der Waals surface area contributed by atoms with Crippen molar-refractivity contribution in [2.75, 3.05) is 0 Å². The summed E-state index contributed by atoms with van der Waals surface area (Å²) in [7, 11) is -9.28. The maximum atomic E-state index is 8.88. The third kappa shape index (κ3) is 3490. The van der Waals surface area contributed by atoms with E-state index in [1.165, 1.54) is 0 Å². The molecular weight excluding hydrogens is 281 g/mol. The Morgan fingerprint density at radius 3 is 0.733 bits per heavy atom. The molecule has 0 amide bonds. The molecule has 0 aliphatic heterocycles. The fraction of sp³-hybridized carbons (Fsp3) is 0. The summed E-state index contributed by atoms with van der Waals surface area (Å²) in [6.45, 7) is 7.00. The topological polar surface area (TPSA) is 203 Å². The average Bonchev–Trinajstić information content (AvgIpc) is 1.88. The standard InChI is InChI=1S/2CHN.K.2H3O4P.H/c2*1-2;;2*1-5(2,3)4;/h2*1H;;2*(H3,1,2,3,4);/q;;+1;;;-1. The summed E-state index contributed by atoms with van der Waals surface area (Å²) in [4.78, 5) is 43.1. The fourth-order valence-corrected chi connectivity index (χ4v) is 0. The molecule has 0 aliphatic rings. The summed E-state index contributed by atoms with van der Waals surface area (Å²) in [6.07, 6.45) is 0. The van der Waals surface area contributed by atoms with E-state index in [2.05, 4.69) is 13.1 Å². The van der Waals surface area contributed by atoms with Crippen molar-refractivity contribution in [2.45, 2.75) is 0 Å². The Bertz CT molecular complexity index is 202. The molecule has 6 N–H and O–H groups in total. The van der Waals surface area contributed by atoms with Gasteiger partial charge in [-0.25, -0.2) is 19.7 Å². The number of nitriles is 2. The molecule has 0 unspecified atom stereocenters. The predicted molar refractivity (Wildman–Crippen MR) is 43.0 cm³/mol. The van der Waals surface area contributed by atoms with E-state index in [0.29, 0.717) is 0 Å². The van der Waals surface area contributed by atoms with Crippen molar-refractivity contribution in [2.24, 2.45) is 0 Å². The van der Waals surface area contributed by atoms with Gasteiger partial charge in [0, 0.05) is 13.1 Å². The molecule has 0 aromatic rings. The molecule has 0 rings (SSSR count). The van der Waals surface area contributed by atoms with Crippen LogP contribution in [0.4, 0.5) is 0 Å². The fourth-order valence-electron chi connectivity index (χ4n) is 0. The monoisotopic (exact) mass is 290 g/mol. The summed E-state index contributed by atoms with van der Waals surface area (Å²) in [5, 5.41) is 13.0. The van der Waals surface area contributed by atoms with Gasteiger partial charge in [0.2, 0.25) is 0 Å².